The summed E-state index contributed by atoms with van der Waals surface area (Å²) in [6.45, 7) is 3.91. The van der Waals surface area contributed by atoms with Crippen molar-refractivity contribution in [2.75, 3.05) is 6.16 Å². The Morgan fingerprint density at radius 2 is 1.11 bits per heavy atom. The number of carbonyl (C=O) groups excluding carboxylic acids is 1. The van der Waals surface area contributed by atoms with Crippen molar-refractivity contribution in [1.29, 1.82) is 0 Å². The molecule has 2 atom stereocenters. The first-order chi connectivity index (χ1) is 12.9. The molecule has 0 heterocycles. The highest BCUT2D eigenvalue weighted by Crippen LogP contribution is 2.48. The second-order valence-corrected chi connectivity index (χ2v) is 11.5. The first-order valence-electron chi connectivity index (χ1n) is 11.4. The summed E-state index contributed by atoms with van der Waals surface area (Å²) < 4.78 is 12.1. The van der Waals surface area contributed by atoms with E-state index in [1.165, 1.54) is 83.5 Å². The molecular formula is C22H44ClO3P. The Hall–Kier alpha value is 0.150. The van der Waals surface area contributed by atoms with Gasteiger partial charge in [0.15, 0.2) is 0 Å². The van der Waals surface area contributed by atoms with Gasteiger partial charge in [0.25, 0.3) is 0 Å². The third-order valence-corrected chi connectivity index (χ3v) is 8.15. The molecule has 0 aliphatic rings. The molecule has 0 aliphatic heterocycles. The molecule has 0 saturated heterocycles. The van der Waals surface area contributed by atoms with E-state index in [1.54, 1.807) is 6.92 Å². The molecular weight excluding hydrogens is 379 g/mol. The van der Waals surface area contributed by atoms with Gasteiger partial charge >= 0.3 is 0 Å². The van der Waals surface area contributed by atoms with Crippen LogP contribution in [0.3, 0.4) is 0 Å². The fourth-order valence-corrected chi connectivity index (χ4v) is 5.39. The lowest BCUT2D eigenvalue weighted by Gasteiger charge is -2.17. The van der Waals surface area contributed by atoms with Crippen molar-refractivity contribution in [2.24, 2.45) is 0 Å². The summed E-state index contributed by atoms with van der Waals surface area (Å²) in [5, 5.41) is -0.524. The van der Waals surface area contributed by atoms with Crippen LogP contribution in [0.25, 0.3) is 0 Å². The number of carbonyl (C=O) groups is 1. The van der Waals surface area contributed by atoms with Gasteiger partial charge in [0, 0.05) is 18.2 Å². The van der Waals surface area contributed by atoms with E-state index in [2.05, 4.69) is 6.92 Å². The molecule has 27 heavy (non-hydrogen) atoms. The van der Waals surface area contributed by atoms with Crippen molar-refractivity contribution in [3.8, 4) is 0 Å². The maximum atomic E-state index is 12.1. The summed E-state index contributed by atoms with van der Waals surface area (Å²) >= 11 is 5.31. The Labute approximate surface area is 173 Å². The second-order valence-electron chi connectivity index (χ2n) is 8.19. The highest BCUT2D eigenvalue weighted by molar-refractivity contribution is 7.58. The number of hydrogen-bond donors (Lipinski definition) is 1. The second kappa shape index (κ2) is 18.2. The molecule has 0 amide bonds. The zero-order chi connectivity index (χ0) is 20.4. The van der Waals surface area contributed by atoms with E-state index in [-0.39, 0.29) is 6.42 Å². The molecule has 0 aliphatic carbocycles. The molecule has 0 fully saturated rings. The minimum atomic E-state index is -3.23. The summed E-state index contributed by atoms with van der Waals surface area (Å²) in [7, 11) is -3.23. The van der Waals surface area contributed by atoms with Gasteiger partial charge in [-0.25, -0.2) is 0 Å². The molecule has 3 nitrogen and oxygen atoms in total. The highest BCUT2D eigenvalue weighted by Gasteiger charge is 2.27. The monoisotopic (exact) mass is 422 g/mol. The molecule has 1 N–H and O–H groups in total. The van der Waals surface area contributed by atoms with Gasteiger partial charge in [-0.2, -0.15) is 0 Å². The number of halogens is 1. The fourth-order valence-electron chi connectivity index (χ4n) is 3.48. The number of hydrogen-bond acceptors (Lipinski definition) is 2. The minimum Gasteiger partial charge on any atom is -0.344 e. The zero-order valence-corrected chi connectivity index (χ0v) is 19.5. The molecule has 0 aromatic carbocycles. The van der Waals surface area contributed by atoms with Gasteiger partial charge < -0.3 is 4.89 Å². The Kier molecular flexibility index (Phi) is 18.3. The van der Waals surface area contributed by atoms with Gasteiger partial charge in [-0.05, 0) is 18.0 Å². The Balaban J connectivity index is 3.33. The molecule has 162 valence electrons. The van der Waals surface area contributed by atoms with Crippen molar-refractivity contribution in [1.82, 2.24) is 0 Å². The van der Waals surface area contributed by atoms with Gasteiger partial charge in [0.2, 0.25) is 12.6 Å². The van der Waals surface area contributed by atoms with Gasteiger partial charge in [0.05, 0.1) is 0 Å². The maximum absolute atomic E-state index is 12.1. The van der Waals surface area contributed by atoms with E-state index >= 15 is 0 Å². The van der Waals surface area contributed by atoms with Crippen molar-refractivity contribution in [3.63, 3.8) is 0 Å². The molecule has 0 aromatic rings. The average molecular weight is 423 g/mol. The van der Waals surface area contributed by atoms with Crippen LogP contribution in [-0.2, 0) is 9.36 Å². The van der Waals surface area contributed by atoms with E-state index in [0.717, 1.165) is 19.3 Å². The lowest BCUT2D eigenvalue weighted by molar-refractivity contribution is -0.111. The van der Waals surface area contributed by atoms with Crippen LogP contribution in [0.1, 0.15) is 123 Å². The van der Waals surface area contributed by atoms with Crippen molar-refractivity contribution in [2.45, 2.75) is 129 Å². The van der Waals surface area contributed by atoms with Crippen LogP contribution in [-0.4, -0.2) is 22.0 Å². The molecule has 0 aromatic heterocycles. The SMILES string of the molecule is CCCCCCCCCCCCCCCCCCP(=O)(O)C(C)CC(=O)Cl. The van der Waals surface area contributed by atoms with Crippen molar-refractivity contribution in [3.05, 3.63) is 0 Å². The van der Waals surface area contributed by atoms with E-state index in [4.69, 9.17) is 11.6 Å². The Morgan fingerprint density at radius 1 is 0.778 bits per heavy atom. The van der Waals surface area contributed by atoms with Crippen LogP contribution in [0.15, 0.2) is 0 Å². The maximum Gasteiger partial charge on any atom is 0.222 e. The first-order valence-corrected chi connectivity index (χ1v) is 13.7. The van der Waals surface area contributed by atoms with Crippen molar-refractivity contribution < 1.29 is 14.3 Å². The lowest BCUT2D eigenvalue weighted by atomic mass is 10.0. The molecule has 0 radical (unpaired) electrons. The molecule has 0 spiro atoms. The van der Waals surface area contributed by atoms with Crippen LogP contribution < -0.4 is 0 Å². The molecule has 2 unspecified atom stereocenters. The average Bonchev–Trinajstić information content (AvgIpc) is 2.60. The van der Waals surface area contributed by atoms with Crippen LogP contribution >= 0.6 is 19.0 Å². The molecule has 0 rings (SSSR count). The summed E-state index contributed by atoms with van der Waals surface area (Å²) in [6, 6.07) is 0. The fraction of sp³-hybridized carbons (Fsp3) is 0.955. The Morgan fingerprint density at radius 3 is 1.44 bits per heavy atom. The molecule has 0 bridgehead atoms. The summed E-state index contributed by atoms with van der Waals surface area (Å²) in [5.74, 6) is 0. The molecule has 0 saturated carbocycles. The first kappa shape index (κ1) is 27.1. The summed E-state index contributed by atoms with van der Waals surface area (Å²) in [4.78, 5) is 20.8. The normalized spacial score (nSPS) is 14.8. The van der Waals surface area contributed by atoms with E-state index in [9.17, 15) is 14.3 Å². The number of rotatable bonds is 20. The van der Waals surface area contributed by atoms with Gasteiger partial charge in [-0.15, -0.1) is 0 Å². The van der Waals surface area contributed by atoms with Crippen LogP contribution in [0, 0.1) is 0 Å². The van der Waals surface area contributed by atoms with E-state index in [1.807, 2.05) is 0 Å². The standard InChI is InChI=1S/C22H44ClO3P/c1-3-4-5-6-7-8-9-10-11-12-13-14-15-16-17-18-19-27(25,26)21(2)20-22(23)24/h21H,3-20H2,1-2H3,(H,25,26). The van der Waals surface area contributed by atoms with E-state index in [0.29, 0.717) is 6.16 Å². The third kappa shape index (κ3) is 17.9. The van der Waals surface area contributed by atoms with Gasteiger partial charge in [-0.3, -0.25) is 9.36 Å². The minimum absolute atomic E-state index is 0.00576. The van der Waals surface area contributed by atoms with Crippen molar-refractivity contribution >= 4 is 24.2 Å². The van der Waals surface area contributed by atoms with Crippen LogP contribution in [0.4, 0.5) is 0 Å². The summed E-state index contributed by atoms with van der Waals surface area (Å²) in [6.07, 6.45) is 21.0. The van der Waals surface area contributed by atoms with Gasteiger partial charge in [-0.1, -0.05) is 110 Å². The largest absolute Gasteiger partial charge is 0.344 e. The summed E-state index contributed by atoms with van der Waals surface area (Å²) in [5.41, 5.74) is -0.515. The third-order valence-electron chi connectivity index (χ3n) is 5.48. The van der Waals surface area contributed by atoms with Gasteiger partial charge in [0.1, 0.15) is 0 Å². The predicted octanol–water partition coefficient (Wildman–Crippen LogP) is 8.06. The highest BCUT2D eigenvalue weighted by atomic mass is 35.5. The van der Waals surface area contributed by atoms with Crippen LogP contribution in [0.5, 0.6) is 0 Å². The smallest absolute Gasteiger partial charge is 0.222 e. The van der Waals surface area contributed by atoms with E-state index < -0.39 is 18.3 Å². The number of unbranched alkanes of at least 4 members (excludes halogenated alkanes) is 15. The van der Waals surface area contributed by atoms with Crippen LogP contribution in [0.2, 0.25) is 0 Å². The zero-order valence-electron chi connectivity index (χ0n) is 17.9. The lowest BCUT2D eigenvalue weighted by Crippen LogP contribution is -2.09. The molecule has 5 heteroatoms. The predicted molar refractivity (Wildman–Crippen MR) is 119 cm³/mol. The quantitative estimate of drug-likeness (QED) is 0.122. The topological polar surface area (TPSA) is 54.4 Å². The Bertz CT molecular complexity index is 401.